The molecule has 1 aromatic carbocycles. The molecule has 1 saturated carbocycles. The lowest BCUT2D eigenvalue weighted by Gasteiger charge is -2.21. The summed E-state index contributed by atoms with van der Waals surface area (Å²) in [6, 6.07) is 4.38. The number of amides is 1. The van der Waals surface area contributed by atoms with Gasteiger partial charge in [-0.05, 0) is 64.2 Å². The molecule has 2 rings (SSSR count). The van der Waals surface area contributed by atoms with Gasteiger partial charge in [-0.1, -0.05) is 0 Å². The van der Waals surface area contributed by atoms with Gasteiger partial charge >= 0.3 is 0 Å². The van der Waals surface area contributed by atoms with Gasteiger partial charge in [-0.3, -0.25) is 4.79 Å². The molecule has 0 aliphatic heterocycles. The average molecular weight is 399 g/mol. The lowest BCUT2D eigenvalue weighted by Crippen LogP contribution is -2.40. The summed E-state index contributed by atoms with van der Waals surface area (Å²) >= 11 is 0. The maximum Gasteiger partial charge on any atom is 0.251 e. The van der Waals surface area contributed by atoms with Crippen LogP contribution in [0.5, 0.6) is 5.75 Å². The van der Waals surface area contributed by atoms with E-state index in [2.05, 4.69) is 10.0 Å². The smallest absolute Gasteiger partial charge is 0.251 e. The standard InChI is InChI=1S/C19H30N2O5S/c1-19(2,3)21-27(23,24)17-12-15(8-9-16(17)25-4)18(22)20-10-5-11-26-13-14-6-7-14/h8-9,12,14,21H,5-7,10-11,13H2,1-4H3,(H,20,22). The molecular weight excluding hydrogens is 368 g/mol. The molecule has 0 aromatic heterocycles. The van der Waals surface area contributed by atoms with E-state index in [0.717, 1.165) is 12.5 Å². The molecule has 7 nitrogen and oxygen atoms in total. The monoisotopic (exact) mass is 398 g/mol. The molecular formula is C19H30N2O5S. The number of carbonyl (C=O) groups is 1. The van der Waals surface area contributed by atoms with Crippen molar-refractivity contribution < 1.29 is 22.7 Å². The van der Waals surface area contributed by atoms with Crippen LogP contribution in [0.4, 0.5) is 0 Å². The van der Waals surface area contributed by atoms with E-state index in [1.165, 1.54) is 32.1 Å². The van der Waals surface area contributed by atoms with Crippen LogP contribution in [-0.2, 0) is 14.8 Å². The summed E-state index contributed by atoms with van der Waals surface area (Å²) in [4.78, 5) is 12.3. The van der Waals surface area contributed by atoms with E-state index < -0.39 is 15.6 Å². The molecule has 0 atom stereocenters. The molecule has 1 aliphatic carbocycles. The number of ether oxygens (including phenoxy) is 2. The molecule has 1 aliphatic rings. The van der Waals surface area contributed by atoms with E-state index >= 15 is 0 Å². The van der Waals surface area contributed by atoms with Gasteiger partial charge in [-0.15, -0.1) is 0 Å². The van der Waals surface area contributed by atoms with Crippen molar-refractivity contribution in [2.24, 2.45) is 5.92 Å². The molecule has 8 heteroatoms. The lowest BCUT2D eigenvalue weighted by atomic mass is 10.1. The van der Waals surface area contributed by atoms with E-state index in [1.54, 1.807) is 26.8 Å². The molecule has 0 bridgehead atoms. The van der Waals surface area contributed by atoms with Crippen molar-refractivity contribution in [1.82, 2.24) is 10.0 Å². The zero-order valence-corrected chi connectivity index (χ0v) is 17.3. The van der Waals surface area contributed by atoms with E-state index in [-0.39, 0.29) is 22.1 Å². The third kappa shape index (κ3) is 7.12. The van der Waals surface area contributed by atoms with Gasteiger partial charge in [0.2, 0.25) is 10.0 Å². The third-order valence-corrected chi connectivity index (χ3v) is 5.74. The summed E-state index contributed by atoms with van der Waals surface area (Å²) in [5, 5.41) is 2.79. The van der Waals surface area contributed by atoms with Gasteiger partial charge in [-0.2, -0.15) is 0 Å². The van der Waals surface area contributed by atoms with Crippen LogP contribution in [0.2, 0.25) is 0 Å². The first kappa shape index (κ1) is 21.7. The number of methoxy groups -OCH3 is 1. The van der Waals surface area contributed by atoms with Gasteiger partial charge < -0.3 is 14.8 Å². The van der Waals surface area contributed by atoms with Crippen LogP contribution in [0.15, 0.2) is 23.1 Å². The first-order valence-corrected chi connectivity index (χ1v) is 10.7. The van der Waals surface area contributed by atoms with Gasteiger partial charge in [0.1, 0.15) is 10.6 Å². The van der Waals surface area contributed by atoms with E-state index in [1.807, 2.05) is 0 Å². The first-order chi connectivity index (χ1) is 12.6. The van der Waals surface area contributed by atoms with Gasteiger partial charge in [0.15, 0.2) is 0 Å². The summed E-state index contributed by atoms with van der Waals surface area (Å²) in [7, 11) is -2.43. The van der Waals surface area contributed by atoms with Gasteiger partial charge in [-0.25, -0.2) is 13.1 Å². The van der Waals surface area contributed by atoms with Crippen LogP contribution in [0.1, 0.15) is 50.4 Å². The Morgan fingerprint density at radius 1 is 1.26 bits per heavy atom. The fraction of sp³-hybridized carbons (Fsp3) is 0.632. The quantitative estimate of drug-likeness (QED) is 0.590. The summed E-state index contributed by atoms with van der Waals surface area (Å²) in [5.74, 6) is 0.588. The molecule has 0 heterocycles. The second-order valence-electron chi connectivity index (χ2n) is 7.85. The van der Waals surface area contributed by atoms with Crippen LogP contribution < -0.4 is 14.8 Å². The maximum absolute atomic E-state index is 12.7. The molecule has 1 amide bonds. The zero-order chi connectivity index (χ0) is 20.1. The van der Waals surface area contributed by atoms with E-state index in [4.69, 9.17) is 9.47 Å². The molecule has 0 spiro atoms. The van der Waals surface area contributed by atoms with Crippen molar-refractivity contribution in [2.75, 3.05) is 26.9 Å². The third-order valence-electron chi connectivity index (χ3n) is 3.96. The molecule has 2 N–H and O–H groups in total. The highest BCUT2D eigenvalue weighted by atomic mass is 32.2. The van der Waals surface area contributed by atoms with Crippen molar-refractivity contribution in [2.45, 2.75) is 50.5 Å². The Labute approximate surface area is 161 Å². The fourth-order valence-corrected chi connectivity index (χ4v) is 4.11. The Morgan fingerprint density at radius 3 is 2.56 bits per heavy atom. The average Bonchev–Trinajstić information content (AvgIpc) is 3.39. The highest BCUT2D eigenvalue weighted by molar-refractivity contribution is 7.89. The lowest BCUT2D eigenvalue weighted by molar-refractivity contribution is 0.0937. The van der Waals surface area contributed by atoms with Gasteiger partial charge in [0.05, 0.1) is 7.11 Å². The summed E-state index contributed by atoms with van der Waals surface area (Å²) < 4.78 is 38.6. The number of sulfonamides is 1. The van der Waals surface area contributed by atoms with Crippen LogP contribution in [0.25, 0.3) is 0 Å². The van der Waals surface area contributed by atoms with Crippen molar-refractivity contribution >= 4 is 15.9 Å². The summed E-state index contributed by atoms with van der Waals surface area (Å²) in [6.07, 6.45) is 3.22. The van der Waals surface area contributed by atoms with Crippen molar-refractivity contribution in [3.05, 3.63) is 23.8 Å². The number of carbonyl (C=O) groups excluding carboxylic acids is 1. The summed E-state index contributed by atoms with van der Waals surface area (Å²) in [6.45, 7) is 7.12. The first-order valence-electron chi connectivity index (χ1n) is 9.20. The second kappa shape index (κ2) is 9.03. The van der Waals surface area contributed by atoms with Crippen molar-refractivity contribution in [1.29, 1.82) is 0 Å². The minimum absolute atomic E-state index is 0.0552. The minimum Gasteiger partial charge on any atom is -0.495 e. The maximum atomic E-state index is 12.7. The number of hydrogen-bond acceptors (Lipinski definition) is 5. The Morgan fingerprint density at radius 2 is 1.96 bits per heavy atom. The SMILES string of the molecule is COc1ccc(C(=O)NCCCOCC2CC2)cc1S(=O)(=O)NC(C)(C)C. The molecule has 0 radical (unpaired) electrons. The predicted octanol–water partition coefficient (Wildman–Crippen LogP) is 2.32. The van der Waals surface area contributed by atoms with E-state index in [9.17, 15) is 13.2 Å². The second-order valence-corrected chi connectivity index (χ2v) is 9.50. The molecule has 1 aromatic rings. The van der Waals surface area contributed by atoms with Crippen LogP contribution in [-0.4, -0.2) is 46.7 Å². The predicted molar refractivity (Wildman–Crippen MR) is 104 cm³/mol. The molecule has 152 valence electrons. The highest BCUT2D eigenvalue weighted by Gasteiger charge is 2.26. The largest absolute Gasteiger partial charge is 0.495 e. The Balaban J connectivity index is 1.98. The number of hydrogen-bond donors (Lipinski definition) is 2. The number of rotatable bonds is 10. The molecule has 0 unspecified atom stereocenters. The normalized spacial score (nSPS) is 14.8. The number of benzene rings is 1. The molecule has 0 saturated heterocycles. The van der Waals surface area contributed by atoms with Crippen molar-refractivity contribution in [3.8, 4) is 5.75 Å². The Hall–Kier alpha value is -1.64. The Kier molecular flexibility index (Phi) is 7.25. The minimum atomic E-state index is -3.83. The van der Waals surface area contributed by atoms with E-state index in [0.29, 0.717) is 19.6 Å². The van der Waals surface area contributed by atoms with Gasteiger partial charge in [0.25, 0.3) is 5.91 Å². The van der Waals surface area contributed by atoms with Crippen LogP contribution in [0.3, 0.4) is 0 Å². The topological polar surface area (TPSA) is 93.7 Å². The van der Waals surface area contributed by atoms with Gasteiger partial charge in [0, 0.05) is 30.9 Å². The fourth-order valence-electron chi connectivity index (χ4n) is 2.50. The molecule has 27 heavy (non-hydrogen) atoms. The summed E-state index contributed by atoms with van der Waals surface area (Å²) in [5.41, 5.74) is -0.383. The highest BCUT2D eigenvalue weighted by Crippen LogP contribution is 2.28. The number of nitrogens with one attached hydrogen (secondary N) is 2. The molecule has 1 fully saturated rings. The van der Waals surface area contributed by atoms with Crippen LogP contribution in [0, 0.1) is 5.92 Å². The van der Waals surface area contributed by atoms with Crippen molar-refractivity contribution in [3.63, 3.8) is 0 Å². The Bertz CT molecular complexity index is 752. The van der Waals surface area contributed by atoms with Crippen LogP contribution >= 0.6 is 0 Å². The zero-order valence-electron chi connectivity index (χ0n) is 16.5.